The van der Waals surface area contributed by atoms with Crippen molar-refractivity contribution >= 4 is 39.6 Å². The summed E-state index contributed by atoms with van der Waals surface area (Å²) in [4.78, 5) is 30.3. The van der Waals surface area contributed by atoms with Crippen LogP contribution in [0.3, 0.4) is 0 Å². The number of halogens is 1. The number of hydrogen-bond donors (Lipinski definition) is 1. The molecule has 1 atom stereocenters. The fourth-order valence-electron chi connectivity index (χ4n) is 2.73. The summed E-state index contributed by atoms with van der Waals surface area (Å²) in [5.74, 6) is -0.922. The molecule has 2 aromatic heterocycles. The molecule has 25 heavy (non-hydrogen) atoms. The van der Waals surface area contributed by atoms with E-state index >= 15 is 0 Å². The van der Waals surface area contributed by atoms with Crippen molar-refractivity contribution in [2.24, 2.45) is 0 Å². The number of nitrogens with zero attached hydrogens (tertiary/aromatic N) is 2. The average Bonchev–Trinajstić information content (AvgIpc) is 3.23. The van der Waals surface area contributed by atoms with Crippen molar-refractivity contribution in [1.82, 2.24) is 14.7 Å². The molecular weight excluding hydrogens is 362 g/mol. The van der Waals surface area contributed by atoms with Gasteiger partial charge in [0.25, 0.3) is 5.91 Å². The molecule has 1 unspecified atom stereocenters. The predicted molar refractivity (Wildman–Crippen MR) is 96.0 cm³/mol. The first-order valence-corrected chi connectivity index (χ1v) is 8.84. The Kier molecular flexibility index (Phi) is 4.78. The van der Waals surface area contributed by atoms with Crippen molar-refractivity contribution in [2.45, 2.75) is 18.9 Å². The van der Waals surface area contributed by atoms with E-state index in [1.165, 1.54) is 18.4 Å². The second-order valence-corrected chi connectivity index (χ2v) is 6.76. The highest BCUT2D eigenvalue weighted by atomic mass is 35.5. The van der Waals surface area contributed by atoms with Gasteiger partial charge in [0.15, 0.2) is 5.54 Å². The summed E-state index contributed by atoms with van der Waals surface area (Å²) in [7, 11) is 1.30. The van der Waals surface area contributed by atoms with E-state index in [1.54, 1.807) is 46.6 Å². The molecule has 0 aliphatic rings. The van der Waals surface area contributed by atoms with Crippen LogP contribution in [0, 0.1) is 0 Å². The molecule has 6 nitrogen and oxygen atoms in total. The molecule has 1 amide bonds. The number of benzene rings is 1. The average molecular weight is 378 g/mol. The Hall–Kier alpha value is -2.38. The lowest BCUT2D eigenvalue weighted by molar-refractivity contribution is -0.149. The first kappa shape index (κ1) is 17.4. The number of rotatable bonds is 5. The van der Waals surface area contributed by atoms with Gasteiger partial charge in [-0.25, -0.2) is 9.78 Å². The van der Waals surface area contributed by atoms with Crippen LogP contribution in [0.4, 0.5) is 0 Å². The zero-order valence-electron chi connectivity index (χ0n) is 13.7. The summed E-state index contributed by atoms with van der Waals surface area (Å²) in [5, 5.41) is 5.12. The van der Waals surface area contributed by atoms with Crippen molar-refractivity contribution in [2.75, 3.05) is 7.11 Å². The van der Waals surface area contributed by atoms with Crippen molar-refractivity contribution in [3.05, 3.63) is 58.4 Å². The van der Waals surface area contributed by atoms with E-state index < -0.39 is 11.5 Å². The number of thiazole rings is 1. The van der Waals surface area contributed by atoms with Gasteiger partial charge in [-0.1, -0.05) is 30.7 Å². The first-order chi connectivity index (χ1) is 12.0. The van der Waals surface area contributed by atoms with Crippen LogP contribution in [0.2, 0.25) is 5.02 Å². The Bertz CT molecular complexity index is 919. The van der Waals surface area contributed by atoms with E-state index in [1.807, 2.05) is 6.92 Å². The van der Waals surface area contributed by atoms with Crippen LogP contribution in [0.25, 0.3) is 4.83 Å². The summed E-state index contributed by atoms with van der Waals surface area (Å²) < 4.78 is 6.66. The molecule has 0 spiro atoms. The minimum Gasteiger partial charge on any atom is -0.467 e. The Morgan fingerprint density at radius 2 is 2.08 bits per heavy atom. The topological polar surface area (TPSA) is 72.7 Å². The maximum absolute atomic E-state index is 12.9. The number of carbonyl (C=O) groups excluding carboxylic acids is 2. The van der Waals surface area contributed by atoms with Crippen LogP contribution in [-0.4, -0.2) is 28.4 Å². The van der Waals surface area contributed by atoms with Crippen LogP contribution in [0.1, 0.15) is 29.4 Å². The standard InChI is InChI=1S/C17H16ClN3O3S/c1-3-17(16(23)24-2,11-4-6-12(18)7-5-11)20-15(22)13-9-25-14-8-19-10-21(13)14/h4-10H,3H2,1-2H3,(H,20,22). The summed E-state index contributed by atoms with van der Waals surface area (Å²) in [5.41, 5.74) is -0.282. The van der Waals surface area contributed by atoms with Crippen molar-refractivity contribution in [1.29, 1.82) is 0 Å². The largest absolute Gasteiger partial charge is 0.467 e. The lowest BCUT2D eigenvalue weighted by Gasteiger charge is -2.31. The molecule has 0 bridgehead atoms. The second kappa shape index (κ2) is 6.85. The van der Waals surface area contributed by atoms with Crippen molar-refractivity contribution in [3.8, 4) is 0 Å². The quantitative estimate of drug-likeness (QED) is 0.693. The minimum atomic E-state index is -1.30. The van der Waals surface area contributed by atoms with Gasteiger partial charge in [0.05, 0.1) is 13.3 Å². The van der Waals surface area contributed by atoms with E-state index in [-0.39, 0.29) is 5.91 Å². The van der Waals surface area contributed by atoms with E-state index in [9.17, 15) is 9.59 Å². The molecule has 0 aliphatic carbocycles. The number of ether oxygens (including phenoxy) is 1. The number of carbonyl (C=O) groups is 2. The van der Waals surface area contributed by atoms with Crippen molar-refractivity contribution < 1.29 is 14.3 Å². The van der Waals surface area contributed by atoms with E-state index in [2.05, 4.69) is 10.3 Å². The smallest absolute Gasteiger partial charge is 0.336 e. The number of nitrogens with one attached hydrogen (secondary N) is 1. The zero-order valence-corrected chi connectivity index (χ0v) is 15.2. The summed E-state index contributed by atoms with van der Waals surface area (Å²) in [6, 6.07) is 6.77. The fourth-order valence-corrected chi connectivity index (χ4v) is 3.69. The lowest BCUT2D eigenvalue weighted by Crippen LogP contribution is -2.52. The molecule has 0 aliphatic heterocycles. The number of aromatic nitrogens is 2. The molecule has 8 heteroatoms. The molecular formula is C17H16ClN3O3S. The Morgan fingerprint density at radius 3 is 2.72 bits per heavy atom. The fraction of sp³-hybridized carbons (Fsp3) is 0.235. The van der Waals surface area contributed by atoms with E-state index in [0.29, 0.717) is 22.7 Å². The maximum Gasteiger partial charge on any atom is 0.336 e. The molecule has 3 aromatic rings. The summed E-state index contributed by atoms with van der Waals surface area (Å²) >= 11 is 7.35. The number of hydrogen-bond acceptors (Lipinski definition) is 5. The van der Waals surface area contributed by atoms with Crippen molar-refractivity contribution in [3.63, 3.8) is 0 Å². The van der Waals surface area contributed by atoms with Crippen LogP contribution >= 0.6 is 22.9 Å². The normalized spacial score (nSPS) is 13.4. The number of fused-ring (bicyclic) bond motifs is 1. The first-order valence-electron chi connectivity index (χ1n) is 7.58. The van der Waals surface area contributed by atoms with Gasteiger partial charge in [0, 0.05) is 10.4 Å². The van der Waals surface area contributed by atoms with Crippen LogP contribution < -0.4 is 5.32 Å². The Morgan fingerprint density at radius 1 is 1.36 bits per heavy atom. The van der Waals surface area contributed by atoms with E-state index in [0.717, 1.165) is 4.83 Å². The molecule has 0 saturated heterocycles. The summed E-state index contributed by atoms with van der Waals surface area (Å²) in [6.07, 6.45) is 3.56. The molecule has 0 saturated carbocycles. The van der Waals surface area contributed by atoms with Crippen LogP contribution in [0.5, 0.6) is 0 Å². The third kappa shape index (κ3) is 3.01. The molecule has 1 N–H and O–H groups in total. The van der Waals surface area contributed by atoms with Gasteiger partial charge in [0.2, 0.25) is 0 Å². The molecule has 1 aromatic carbocycles. The molecule has 3 rings (SSSR count). The van der Waals surface area contributed by atoms with Gasteiger partial charge in [0.1, 0.15) is 16.9 Å². The minimum absolute atomic E-state index is 0.324. The monoisotopic (exact) mass is 377 g/mol. The van der Waals surface area contributed by atoms with Gasteiger partial charge < -0.3 is 10.1 Å². The van der Waals surface area contributed by atoms with Crippen LogP contribution in [-0.2, 0) is 15.1 Å². The Labute approximate surface area is 153 Å². The third-order valence-corrected chi connectivity index (χ3v) is 5.25. The van der Waals surface area contributed by atoms with Gasteiger partial charge >= 0.3 is 5.97 Å². The van der Waals surface area contributed by atoms with Gasteiger partial charge in [-0.05, 0) is 24.1 Å². The predicted octanol–water partition coefficient (Wildman–Crippen LogP) is 3.26. The maximum atomic E-state index is 12.9. The molecule has 2 heterocycles. The molecule has 0 radical (unpaired) electrons. The molecule has 130 valence electrons. The Balaban J connectivity index is 2.02. The number of esters is 1. The van der Waals surface area contributed by atoms with Crippen LogP contribution in [0.15, 0.2) is 42.2 Å². The van der Waals surface area contributed by atoms with E-state index in [4.69, 9.17) is 16.3 Å². The van der Waals surface area contributed by atoms with Gasteiger partial charge in [-0.3, -0.25) is 9.20 Å². The van der Waals surface area contributed by atoms with Gasteiger partial charge in [-0.2, -0.15) is 0 Å². The highest BCUT2D eigenvalue weighted by Crippen LogP contribution is 2.29. The summed E-state index contributed by atoms with van der Waals surface area (Å²) in [6.45, 7) is 1.81. The second-order valence-electron chi connectivity index (χ2n) is 5.43. The SMILES string of the molecule is CCC(NC(=O)c1csc2cncn12)(C(=O)OC)c1ccc(Cl)cc1. The van der Waals surface area contributed by atoms with Gasteiger partial charge in [-0.15, -0.1) is 11.3 Å². The zero-order chi connectivity index (χ0) is 18.0. The highest BCUT2D eigenvalue weighted by molar-refractivity contribution is 7.15. The highest BCUT2D eigenvalue weighted by Gasteiger charge is 2.42. The number of imidazole rings is 1. The number of methoxy groups -OCH3 is 1. The molecule has 0 fully saturated rings. The third-order valence-electron chi connectivity index (χ3n) is 4.12. The number of amides is 1. The lowest BCUT2D eigenvalue weighted by atomic mass is 9.87.